The Hall–Kier alpha value is -1.68. The Labute approximate surface area is 107 Å². The maximum Gasteiger partial charge on any atom is 0.123 e. The van der Waals surface area contributed by atoms with Crippen molar-refractivity contribution in [1.82, 2.24) is 15.1 Å². The molecule has 1 heterocycles. The average molecular weight is 247 g/mol. The normalized spacial score (nSPS) is 10.8. The summed E-state index contributed by atoms with van der Waals surface area (Å²) in [5.74, 6) is -0.195. The first-order valence-electron chi connectivity index (χ1n) is 6.24. The molecular formula is C14H18FN3. The van der Waals surface area contributed by atoms with Crippen molar-refractivity contribution in [2.45, 2.75) is 33.0 Å². The number of rotatable bonds is 6. The highest BCUT2D eigenvalue weighted by atomic mass is 19.1. The van der Waals surface area contributed by atoms with Crippen LogP contribution in [0.25, 0.3) is 0 Å². The summed E-state index contributed by atoms with van der Waals surface area (Å²) in [6.45, 7) is 4.60. The van der Waals surface area contributed by atoms with E-state index in [4.69, 9.17) is 0 Å². The molecule has 0 atom stereocenters. The minimum Gasteiger partial charge on any atom is -0.309 e. The predicted octanol–water partition coefficient (Wildman–Crippen LogP) is 2.72. The molecule has 2 rings (SSSR count). The highest BCUT2D eigenvalue weighted by Gasteiger charge is 1.98. The SMILES string of the molecule is CCCn1cc(CNCc2ccc(F)cc2)cn1. The largest absolute Gasteiger partial charge is 0.309 e. The lowest BCUT2D eigenvalue weighted by atomic mass is 10.2. The molecule has 1 N–H and O–H groups in total. The van der Waals surface area contributed by atoms with Crippen molar-refractivity contribution >= 4 is 0 Å². The molecule has 0 amide bonds. The van der Waals surface area contributed by atoms with Gasteiger partial charge in [-0.15, -0.1) is 0 Å². The fourth-order valence-corrected chi connectivity index (χ4v) is 1.80. The van der Waals surface area contributed by atoms with E-state index in [1.165, 1.54) is 17.7 Å². The Morgan fingerprint density at radius 3 is 2.61 bits per heavy atom. The van der Waals surface area contributed by atoms with Crippen LogP contribution in [0.15, 0.2) is 36.7 Å². The number of aromatic nitrogens is 2. The monoisotopic (exact) mass is 247 g/mol. The number of benzene rings is 1. The lowest BCUT2D eigenvalue weighted by Crippen LogP contribution is -2.12. The molecule has 0 bridgehead atoms. The summed E-state index contributed by atoms with van der Waals surface area (Å²) in [6, 6.07) is 6.55. The summed E-state index contributed by atoms with van der Waals surface area (Å²) in [6.07, 6.45) is 5.03. The van der Waals surface area contributed by atoms with Crippen LogP contribution in [0.5, 0.6) is 0 Å². The van der Waals surface area contributed by atoms with E-state index in [-0.39, 0.29) is 5.82 Å². The smallest absolute Gasteiger partial charge is 0.123 e. The van der Waals surface area contributed by atoms with Gasteiger partial charge >= 0.3 is 0 Å². The van der Waals surface area contributed by atoms with Crippen LogP contribution >= 0.6 is 0 Å². The first-order chi connectivity index (χ1) is 8.78. The molecule has 18 heavy (non-hydrogen) atoms. The molecule has 1 aromatic carbocycles. The van der Waals surface area contributed by atoms with E-state index in [0.29, 0.717) is 0 Å². The molecule has 4 heteroatoms. The van der Waals surface area contributed by atoms with Crippen LogP contribution in [-0.2, 0) is 19.6 Å². The van der Waals surface area contributed by atoms with Crippen LogP contribution in [0, 0.1) is 5.82 Å². The number of aryl methyl sites for hydroxylation is 1. The molecule has 0 aliphatic carbocycles. The van der Waals surface area contributed by atoms with Crippen molar-refractivity contribution in [3.63, 3.8) is 0 Å². The third-order valence-corrected chi connectivity index (χ3v) is 2.71. The number of nitrogens with zero attached hydrogens (tertiary/aromatic N) is 2. The lowest BCUT2D eigenvalue weighted by Gasteiger charge is -2.03. The molecule has 3 nitrogen and oxygen atoms in total. The molecule has 1 aromatic heterocycles. The van der Waals surface area contributed by atoms with Gasteiger partial charge in [-0.3, -0.25) is 4.68 Å². The van der Waals surface area contributed by atoms with E-state index < -0.39 is 0 Å². The Morgan fingerprint density at radius 1 is 1.17 bits per heavy atom. The van der Waals surface area contributed by atoms with Crippen molar-refractivity contribution in [2.75, 3.05) is 0 Å². The zero-order chi connectivity index (χ0) is 12.8. The van der Waals surface area contributed by atoms with Crippen molar-refractivity contribution in [2.24, 2.45) is 0 Å². The van der Waals surface area contributed by atoms with Gasteiger partial charge in [0.2, 0.25) is 0 Å². The van der Waals surface area contributed by atoms with E-state index in [2.05, 4.69) is 23.5 Å². The van der Waals surface area contributed by atoms with Crippen LogP contribution < -0.4 is 5.32 Å². The average Bonchev–Trinajstić information content (AvgIpc) is 2.80. The molecular weight excluding hydrogens is 229 g/mol. The molecule has 0 spiro atoms. The zero-order valence-corrected chi connectivity index (χ0v) is 10.6. The van der Waals surface area contributed by atoms with Gasteiger partial charge in [0.15, 0.2) is 0 Å². The van der Waals surface area contributed by atoms with E-state index in [9.17, 15) is 4.39 Å². The number of halogens is 1. The highest BCUT2D eigenvalue weighted by Crippen LogP contribution is 2.03. The van der Waals surface area contributed by atoms with Crippen molar-refractivity contribution in [3.05, 3.63) is 53.6 Å². The van der Waals surface area contributed by atoms with Crippen molar-refractivity contribution in [3.8, 4) is 0 Å². The molecule has 0 aliphatic rings. The highest BCUT2D eigenvalue weighted by molar-refractivity contribution is 5.16. The summed E-state index contributed by atoms with van der Waals surface area (Å²) in [4.78, 5) is 0. The summed E-state index contributed by atoms with van der Waals surface area (Å²) in [5.41, 5.74) is 2.25. The van der Waals surface area contributed by atoms with Crippen molar-refractivity contribution in [1.29, 1.82) is 0 Å². The van der Waals surface area contributed by atoms with Gasteiger partial charge in [-0.1, -0.05) is 19.1 Å². The third-order valence-electron chi connectivity index (χ3n) is 2.71. The van der Waals surface area contributed by atoms with E-state index in [0.717, 1.165) is 31.6 Å². The first-order valence-corrected chi connectivity index (χ1v) is 6.24. The molecule has 0 unspecified atom stereocenters. The fraction of sp³-hybridized carbons (Fsp3) is 0.357. The van der Waals surface area contributed by atoms with Gasteiger partial charge in [0.1, 0.15) is 5.82 Å². The van der Waals surface area contributed by atoms with Crippen LogP contribution in [-0.4, -0.2) is 9.78 Å². The fourth-order valence-electron chi connectivity index (χ4n) is 1.80. The van der Waals surface area contributed by atoms with Gasteiger partial charge in [0, 0.05) is 31.4 Å². The van der Waals surface area contributed by atoms with Crippen LogP contribution in [0.1, 0.15) is 24.5 Å². The molecule has 0 saturated carbocycles. The quantitative estimate of drug-likeness (QED) is 0.850. The van der Waals surface area contributed by atoms with Crippen molar-refractivity contribution < 1.29 is 4.39 Å². The summed E-state index contributed by atoms with van der Waals surface area (Å²) < 4.78 is 14.7. The van der Waals surface area contributed by atoms with Gasteiger partial charge in [0.05, 0.1) is 6.20 Å². The number of nitrogens with one attached hydrogen (secondary N) is 1. The second-order valence-corrected chi connectivity index (χ2v) is 4.34. The summed E-state index contributed by atoms with van der Waals surface area (Å²) in [7, 11) is 0. The molecule has 0 fully saturated rings. The maximum atomic E-state index is 12.7. The van der Waals surface area contributed by atoms with Crippen LogP contribution in [0.4, 0.5) is 4.39 Å². The second-order valence-electron chi connectivity index (χ2n) is 4.34. The topological polar surface area (TPSA) is 29.9 Å². The molecule has 96 valence electrons. The van der Waals surface area contributed by atoms with Gasteiger partial charge in [-0.2, -0.15) is 5.10 Å². The van der Waals surface area contributed by atoms with Gasteiger partial charge in [-0.05, 0) is 24.1 Å². The standard InChI is InChI=1S/C14H18FN3/c1-2-7-18-11-13(10-17-18)9-16-8-12-3-5-14(15)6-4-12/h3-6,10-11,16H,2,7-9H2,1H3. The third kappa shape index (κ3) is 3.67. The maximum absolute atomic E-state index is 12.7. The second kappa shape index (κ2) is 6.31. The predicted molar refractivity (Wildman–Crippen MR) is 69.5 cm³/mol. The summed E-state index contributed by atoms with van der Waals surface area (Å²) in [5, 5.41) is 7.59. The molecule has 0 radical (unpaired) electrons. The Morgan fingerprint density at radius 2 is 1.89 bits per heavy atom. The van der Waals surface area contributed by atoms with E-state index >= 15 is 0 Å². The van der Waals surface area contributed by atoms with Gasteiger partial charge < -0.3 is 5.32 Å². The van der Waals surface area contributed by atoms with Gasteiger partial charge in [0.25, 0.3) is 0 Å². The van der Waals surface area contributed by atoms with E-state index in [1.54, 1.807) is 12.1 Å². The van der Waals surface area contributed by atoms with E-state index in [1.807, 2.05) is 10.9 Å². The Kier molecular flexibility index (Phi) is 4.47. The van der Waals surface area contributed by atoms with Crippen LogP contribution in [0.2, 0.25) is 0 Å². The lowest BCUT2D eigenvalue weighted by molar-refractivity contribution is 0.601. The number of hydrogen-bond donors (Lipinski definition) is 1. The molecule has 0 saturated heterocycles. The molecule has 2 aromatic rings. The zero-order valence-electron chi connectivity index (χ0n) is 10.6. The van der Waals surface area contributed by atoms with Crippen LogP contribution in [0.3, 0.4) is 0 Å². The minimum absolute atomic E-state index is 0.195. The first kappa shape index (κ1) is 12.8. The Balaban J connectivity index is 1.79. The number of hydrogen-bond acceptors (Lipinski definition) is 2. The Bertz CT molecular complexity index is 476. The minimum atomic E-state index is -0.195. The van der Waals surface area contributed by atoms with Gasteiger partial charge in [-0.25, -0.2) is 4.39 Å². The molecule has 0 aliphatic heterocycles. The summed E-state index contributed by atoms with van der Waals surface area (Å²) >= 11 is 0.